The normalized spacial score (nSPS) is 13.8. The predicted octanol–water partition coefficient (Wildman–Crippen LogP) is 5.18. The van der Waals surface area contributed by atoms with E-state index >= 15 is 0 Å². The van der Waals surface area contributed by atoms with Gasteiger partial charge in [-0.15, -0.1) is 0 Å². The van der Waals surface area contributed by atoms with Gasteiger partial charge in [-0.1, -0.05) is 30.7 Å². The van der Waals surface area contributed by atoms with Crippen LogP contribution in [-0.4, -0.2) is 13.2 Å². The van der Waals surface area contributed by atoms with E-state index in [4.69, 9.17) is 21.1 Å². The molecule has 0 saturated carbocycles. The highest BCUT2D eigenvalue weighted by Crippen LogP contribution is 2.45. The molecule has 3 rings (SSSR count). The Labute approximate surface area is 134 Å². The maximum absolute atomic E-state index is 13.6. The van der Waals surface area contributed by atoms with Crippen LogP contribution in [0.2, 0.25) is 5.02 Å². The molecule has 0 saturated heterocycles. The van der Waals surface area contributed by atoms with E-state index in [9.17, 15) is 4.39 Å². The molecular formula is C18H18ClFO2. The first-order valence-electron chi connectivity index (χ1n) is 7.49. The van der Waals surface area contributed by atoms with Crippen molar-refractivity contribution in [2.45, 2.75) is 26.7 Å². The Balaban J connectivity index is 2.26. The quantitative estimate of drug-likeness (QED) is 0.759. The van der Waals surface area contributed by atoms with Gasteiger partial charge in [0.2, 0.25) is 0 Å². The number of halogens is 2. The van der Waals surface area contributed by atoms with Crippen molar-refractivity contribution in [2.24, 2.45) is 0 Å². The molecule has 1 heterocycles. The second kappa shape index (κ2) is 6.17. The summed E-state index contributed by atoms with van der Waals surface area (Å²) in [5.41, 5.74) is 3.58. The summed E-state index contributed by atoms with van der Waals surface area (Å²) < 4.78 is 25.4. The molecule has 0 fully saturated rings. The second-order valence-corrected chi connectivity index (χ2v) is 5.82. The number of aryl methyl sites for hydroxylation is 2. The van der Waals surface area contributed by atoms with E-state index in [0.717, 1.165) is 34.4 Å². The first-order chi connectivity index (χ1) is 10.6. The zero-order valence-corrected chi connectivity index (χ0v) is 13.5. The smallest absolute Gasteiger partial charge is 0.169 e. The molecule has 0 spiro atoms. The van der Waals surface area contributed by atoms with Crippen LogP contribution in [0.3, 0.4) is 0 Å². The highest BCUT2D eigenvalue weighted by atomic mass is 35.5. The van der Waals surface area contributed by atoms with Crippen LogP contribution >= 0.6 is 11.6 Å². The molecule has 4 heteroatoms. The van der Waals surface area contributed by atoms with Crippen molar-refractivity contribution in [1.29, 1.82) is 0 Å². The van der Waals surface area contributed by atoms with Crippen molar-refractivity contribution < 1.29 is 13.9 Å². The zero-order chi connectivity index (χ0) is 15.7. The van der Waals surface area contributed by atoms with Gasteiger partial charge in [0, 0.05) is 17.5 Å². The van der Waals surface area contributed by atoms with Crippen LogP contribution < -0.4 is 9.47 Å². The summed E-state index contributed by atoms with van der Waals surface area (Å²) in [5.74, 6) is 1.15. The monoisotopic (exact) mass is 320 g/mol. The van der Waals surface area contributed by atoms with Crippen molar-refractivity contribution >= 4 is 11.6 Å². The van der Waals surface area contributed by atoms with Gasteiger partial charge in [-0.25, -0.2) is 4.39 Å². The topological polar surface area (TPSA) is 18.5 Å². The molecule has 0 aliphatic carbocycles. The van der Waals surface area contributed by atoms with Gasteiger partial charge < -0.3 is 9.47 Å². The summed E-state index contributed by atoms with van der Waals surface area (Å²) in [6.07, 6.45) is 1.53. The number of rotatable bonds is 2. The molecule has 2 aromatic rings. The largest absolute Gasteiger partial charge is 0.489 e. The van der Waals surface area contributed by atoms with Crippen molar-refractivity contribution in [3.63, 3.8) is 0 Å². The molecule has 0 aromatic heterocycles. The standard InChI is InChI=1S/C18H18ClFO2/c1-3-12-9-13(20)10-15(19)16(12)14-6-5-11(2)17-18(14)22-8-4-7-21-17/h5-6,9-10H,3-4,7-8H2,1-2H3. The van der Waals surface area contributed by atoms with Gasteiger partial charge in [0.15, 0.2) is 11.5 Å². The minimum atomic E-state index is -0.319. The van der Waals surface area contributed by atoms with E-state index in [1.165, 1.54) is 12.1 Å². The average Bonchev–Trinajstić information content (AvgIpc) is 2.74. The molecule has 1 aliphatic heterocycles. The molecule has 2 aromatic carbocycles. The van der Waals surface area contributed by atoms with E-state index < -0.39 is 0 Å². The third-order valence-corrected chi connectivity index (χ3v) is 4.18. The van der Waals surface area contributed by atoms with Crippen LogP contribution in [0, 0.1) is 12.7 Å². The molecule has 0 unspecified atom stereocenters. The third kappa shape index (κ3) is 2.66. The predicted molar refractivity (Wildman–Crippen MR) is 86.6 cm³/mol. The zero-order valence-electron chi connectivity index (χ0n) is 12.7. The Morgan fingerprint density at radius 3 is 2.59 bits per heavy atom. The Bertz CT molecular complexity index is 713. The molecule has 0 radical (unpaired) electrons. The molecule has 0 N–H and O–H groups in total. The van der Waals surface area contributed by atoms with Gasteiger partial charge in [-0.05, 0) is 36.6 Å². The Morgan fingerprint density at radius 2 is 1.86 bits per heavy atom. The summed E-state index contributed by atoms with van der Waals surface area (Å²) in [6, 6.07) is 6.84. The number of ether oxygens (including phenoxy) is 2. The molecule has 0 amide bonds. The van der Waals surface area contributed by atoms with E-state index in [-0.39, 0.29) is 5.82 Å². The first kappa shape index (κ1) is 15.2. The summed E-state index contributed by atoms with van der Waals surface area (Å²) >= 11 is 6.33. The maximum Gasteiger partial charge on any atom is 0.169 e. The highest BCUT2D eigenvalue weighted by Gasteiger charge is 2.21. The number of benzene rings is 2. The lowest BCUT2D eigenvalue weighted by molar-refractivity contribution is 0.296. The number of hydrogen-bond donors (Lipinski definition) is 0. The summed E-state index contributed by atoms with van der Waals surface area (Å²) in [7, 11) is 0. The Hall–Kier alpha value is -1.74. The molecule has 0 bridgehead atoms. The van der Waals surface area contributed by atoms with Crippen LogP contribution in [0.1, 0.15) is 24.5 Å². The van der Waals surface area contributed by atoms with Crippen LogP contribution in [0.25, 0.3) is 11.1 Å². The van der Waals surface area contributed by atoms with Gasteiger partial charge in [-0.3, -0.25) is 0 Å². The first-order valence-corrected chi connectivity index (χ1v) is 7.87. The SMILES string of the molecule is CCc1cc(F)cc(Cl)c1-c1ccc(C)c2c1OCCCO2. The summed E-state index contributed by atoms with van der Waals surface area (Å²) in [4.78, 5) is 0. The lowest BCUT2D eigenvalue weighted by Gasteiger charge is -2.18. The summed E-state index contributed by atoms with van der Waals surface area (Å²) in [5, 5.41) is 0.399. The average molecular weight is 321 g/mol. The van der Waals surface area contributed by atoms with Gasteiger partial charge in [-0.2, -0.15) is 0 Å². The number of fused-ring (bicyclic) bond motifs is 1. The van der Waals surface area contributed by atoms with Crippen molar-refractivity contribution in [2.75, 3.05) is 13.2 Å². The number of hydrogen-bond acceptors (Lipinski definition) is 2. The van der Waals surface area contributed by atoms with E-state index in [1.807, 2.05) is 26.0 Å². The molecule has 116 valence electrons. The second-order valence-electron chi connectivity index (χ2n) is 5.41. The molecule has 2 nitrogen and oxygen atoms in total. The van der Waals surface area contributed by atoms with Gasteiger partial charge in [0.25, 0.3) is 0 Å². The third-order valence-electron chi connectivity index (χ3n) is 3.88. The van der Waals surface area contributed by atoms with Crippen LogP contribution in [0.4, 0.5) is 4.39 Å². The maximum atomic E-state index is 13.6. The van der Waals surface area contributed by atoms with Crippen LogP contribution in [0.5, 0.6) is 11.5 Å². The van der Waals surface area contributed by atoms with E-state index in [1.54, 1.807) is 0 Å². The van der Waals surface area contributed by atoms with Crippen molar-refractivity contribution in [3.05, 3.63) is 46.2 Å². The van der Waals surface area contributed by atoms with Gasteiger partial charge in [0.1, 0.15) is 5.82 Å². The van der Waals surface area contributed by atoms with Gasteiger partial charge in [0.05, 0.1) is 18.2 Å². The molecule has 22 heavy (non-hydrogen) atoms. The van der Waals surface area contributed by atoms with Gasteiger partial charge >= 0.3 is 0 Å². The van der Waals surface area contributed by atoms with E-state index in [2.05, 4.69) is 0 Å². The Morgan fingerprint density at radius 1 is 1.14 bits per heavy atom. The molecule has 1 aliphatic rings. The van der Waals surface area contributed by atoms with Crippen LogP contribution in [0.15, 0.2) is 24.3 Å². The fraction of sp³-hybridized carbons (Fsp3) is 0.333. The molecule has 0 atom stereocenters. The van der Waals surface area contributed by atoms with Crippen molar-refractivity contribution in [1.82, 2.24) is 0 Å². The summed E-state index contributed by atoms with van der Waals surface area (Å²) in [6.45, 7) is 5.21. The molecular weight excluding hydrogens is 303 g/mol. The van der Waals surface area contributed by atoms with E-state index in [0.29, 0.717) is 30.4 Å². The highest BCUT2D eigenvalue weighted by molar-refractivity contribution is 6.33. The van der Waals surface area contributed by atoms with Crippen molar-refractivity contribution in [3.8, 4) is 22.6 Å². The Kier molecular flexibility index (Phi) is 4.25. The minimum Gasteiger partial charge on any atom is -0.489 e. The minimum absolute atomic E-state index is 0.319. The lowest BCUT2D eigenvalue weighted by Crippen LogP contribution is -1.99. The van der Waals surface area contributed by atoms with Crippen LogP contribution in [-0.2, 0) is 6.42 Å². The lowest BCUT2D eigenvalue weighted by atomic mass is 9.95. The fourth-order valence-corrected chi connectivity index (χ4v) is 3.12. The fourth-order valence-electron chi connectivity index (χ4n) is 2.80.